The molecule has 0 aliphatic rings. The van der Waals surface area contributed by atoms with Crippen molar-refractivity contribution >= 4 is 46.3 Å². The van der Waals surface area contributed by atoms with E-state index < -0.39 is 0 Å². The lowest BCUT2D eigenvalue weighted by Crippen LogP contribution is -1.98. The third-order valence-electron chi connectivity index (χ3n) is 4.28. The first-order valence-electron chi connectivity index (χ1n) is 9.07. The third kappa shape index (κ3) is 5.14. The molecule has 3 aromatic carbocycles. The normalized spacial score (nSPS) is 10.9. The second-order valence-corrected chi connectivity index (χ2v) is 8.18. The molecule has 0 bridgehead atoms. The maximum Gasteiger partial charge on any atom is 0.276 e. The zero-order chi connectivity index (χ0) is 20.9. The Balaban J connectivity index is 1.46. The fraction of sp³-hybridized carbons (Fsp3) is 0.0909. The number of thioether (sulfide) groups is 1. The number of para-hydroxylation sites is 2. The lowest BCUT2D eigenvalue weighted by molar-refractivity contribution is 0.420. The van der Waals surface area contributed by atoms with E-state index in [-0.39, 0.29) is 5.82 Å². The van der Waals surface area contributed by atoms with Crippen LogP contribution in [0.15, 0.2) is 76.4 Å². The first kappa shape index (κ1) is 20.7. The number of hydrogen-bond donors (Lipinski definition) is 1. The van der Waals surface area contributed by atoms with Crippen LogP contribution in [0.3, 0.4) is 0 Å². The lowest BCUT2D eigenvalue weighted by atomic mass is 10.1. The van der Waals surface area contributed by atoms with E-state index in [1.54, 1.807) is 24.3 Å². The molecule has 8 heteroatoms. The van der Waals surface area contributed by atoms with E-state index in [9.17, 15) is 4.39 Å². The zero-order valence-corrected chi connectivity index (χ0v) is 17.9. The molecule has 0 amide bonds. The van der Waals surface area contributed by atoms with Gasteiger partial charge in [0.15, 0.2) is 0 Å². The quantitative estimate of drug-likeness (QED) is 0.297. The van der Waals surface area contributed by atoms with Gasteiger partial charge in [-0.3, -0.25) is 0 Å². The number of nitrogens with zero attached hydrogens (tertiary/aromatic N) is 2. The van der Waals surface area contributed by atoms with Gasteiger partial charge in [-0.15, -0.1) is 10.2 Å². The molecule has 0 aliphatic carbocycles. The van der Waals surface area contributed by atoms with E-state index in [0.717, 1.165) is 16.8 Å². The van der Waals surface area contributed by atoms with Crippen molar-refractivity contribution in [2.24, 2.45) is 0 Å². The summed E-state index contributed by atoms with van der Waals surface area (Å²) in [6, 6.07) is 19.6. The minimum Gasteiger partial charge on any atom is -0.416 e. The minimum absolute atomic E-state index is 0.262. The summed E-state index contributed by atoms with van der Waals surface area (Å²) in [6.45, 7) is 0. The molecule has 4 aromatic rings. The molecule has 0 radical (unpaired) electrons. The van der Waals surface area contributed by atoms with Gasteiger partial charge in [-0.2, -0.15) is 0 Å². The van der Waals surface area contributed by atoms with Gasteiger partial charge in [-0.05, 0) is 41.5 Å². The summed E-state index contributed by atoms with van der Waals surface area (Å²) in [7, 11) is 0. The molecule has 0 aliphatic heterocycles. The van der Waals surface area contributed by atoms with Crippen LogP contribution in [0.25, 0.3) is 0 Å². The Morgan fingerprint density at radius 3 is 2.50 bits per heavy atom. The van der Waals surface area contributed by atoms with Crippen LogP contribution in [0.1, 0.15) is 17.0 Å². The summed E-state index contributed by atoms with van der Waals surface area (Å²) in [6.07, 6.45) is 0.443. The van der Waals surface area contributed by atoms with Crippen LogP contribution in [0.4, 0.5) is 15.8 Å². The number of anilines is 2. The molecular weight excluding hydrogens is 444 g/mol. The van der Waals surface area contributed by atoms with Crippen LogP contribution in [0.2, 0.25) is 10.0 Å². The van der Waals surface area contributed by atoms with Gasteiger partial charge in [0, 0.05) is 11.4 Å². The van der Waals surface area contributed by atoms with Crippen LogP contribution in [0, 0.1) is 5.82 Å². The highest BCUT2D eigenvalue weighted by atomic mass is 35.5. The standard InChI is InChI=1S/C22H16Cl2FN3OS/c23-17-8-4-9-18(24)21(17)26-19-10-2-1-6-15(19)12-20-27-28-22(29-20)30-13-14-5-3-7-16(25)11-14/h1-11,26H,12-13H2. The van der Waals surface area contributed by atoms with Gasteiger partial charge < -0.3 is 9.73 Å². The molecule has 1 aromatic heterocycles. The summed E-state index contributed by atoms with van der Waals surface area (Å²) in [5.41, 5.74) is 3.30. The lowest BCUT2D eigenvalue weighted by Gasteiger charge is -2.13. The first-order valence-corrected chi connectivity index (χ1v) is 10.8. The van der Waals surface area contributed by atoms with Crippen molar-refractivity contribution in [3.05, 3.63) is 99.6 Å². The van der Waals surface area contributed by atoms with Crippen molar-refractivity contribution in [2.45, 2.75) is 17.4 Å². The van der Waals surface area contributed by atoms with Crippen LogP contribution in [-0.2, 0) is 12.2 Å². The average molecular weight is 460 g/mol. The summed E-state index contributed by atoms with van der Waals surface area (Å²) < 4.78 is 19.1. The van der Waals surface area contributed by atoms with E-state index >= 15 is 0 Å². The van der Waals surface area contributed by atoms with Crippen LogP contribution in [0.5, 0.6) is 0 Å². The van der Waals surface area contributed by atoms with Crippen molar-refractivity contribution in [3.8, 4) is 0 Å². The molecular formula is C22H16Cl2FN3OS. The minimum atomic E-state index is -0.262. The van der Waals surface area contributed by atoms with Gasteiger partial charge in [0.2, 0.25) is 5.89 Å². The molecule has 0 saturated carbocycles. The highest BCUT2D eigenvalue weighted by Gasteiger charge is 2.13. The summed E-state index contributed by atoms with van der Waals surface area (Å²) >= 11 is 13.9. The third-order valence-corrected chi connectivity index (χ3v) is 5.80. The highest BCUT2D eigenvalue weighted by Crippen LogP contribution is 2.34. The number of nitrogens with one attached hydrogen (secondary N) is 1. The van der Waals surface area contributed by atoms with E-state index in [4.69, 9.17) is 27.6 Å². The highest BCUT2D eigenvalue weighted by molar-refractivity contribution is 7.98. The first-order chi connectivity index (χ1) is 14.6. The topological polar surface area (TPSA) is 51.0 Å². The summed E-state index contributed by atoms with van der Waals surface area (Å²) in [5, 5.41) is 13.0. The van der Waals surface area contributed by atoms with Crippen molar-refractivity contribution in [3.63, 3.8) is 0 Å². The van der Waals surface area contributed by atoms with Gasteiger partial charge in [0.25, 0.3) is 5.22 Å². The van der Waals surface area contributed by atoms with Crippen LogP contribution < -0.4 is 5.32 Å². The molecule has 0 fully saturated rings. The molecule has 152 valence electrons. The molecule has 1 heterocycles. The molecule has 0 saturated heterocycles. The molecule has 0 atom stereocenters. The van der Waals surface area contributed by atoms with Gasteiger partial charge >= 0.3 is 0 Å². The number of aromatic nitrogens is 2. The Bertz CT molecular complexity index is 1150. The monoisotopic (exact) mass is 459 g/mol. The van der Waals surface area contributed by atoms with Gasteiger partial charge in [0.1, 0.15) is 5.82 Å². The average Bonchev–Trinajstić information content (AvgIpc) is 3.18. The van der Waals surface area contributed by atoms with Crippen molar-refractivity contribution < 1.29 is 8.81 Å². The predicted molar refractivity (Wildman–Crippen MR) is 119 cm³/mol. The van der Waals surface area contributed by atoms with Crippen molar-refractivity contribution in [2.75, 3.05) is 5.32 Å². The number of benzene rings is 3. The fourth-order valence-electron chi connectivity index (χ4n) is 2.85. The van der Waals surface area contributed by atoms with E-state index in [0.29, 0.717) is 39.0 Å². The fourth-order valence-corrected chi connectivity index (χ4v) is 4.07. The maximum absolute atomic E-state index is 13.3. The number of halogens is 3. The Hall–Kier alpha value is -2.54. The van der Waals surface area contributed by atoms with Crippen molar-refractivity contribution in [1.29, 1.82) is 0 Å². The summed E-state index contributed by atoms with van der Waals surface area (Å²) in [4.78, 5) is 0. The van der Waals surface area contributed by atoms with Crippen LogP contribution in [-0.4, -0.2) is 10.2 Å². The SMILES string of the molecule is Fc1cccc(CSc2nnc(Cc3ccccc3Nc3c(Cl)cccc3Cl)o2)c1. The molecule has 0 spiro atoms. The zero-order valence-electron chi connectivity index (χ0n) is 15.6. The maximum atomic E-state index is 13.3. The van der Waals surface area contributed by atoms with Gasteiger partial charge in [-0.1, -0.05) is 71.4 Å². The second-order valence-electron chi connectivity index (χ2n) is 6.44. The Labute approximate surface area is 187 Å². The predicted octanol–water partition coefficient (Wildman–Crippen LogP) is 7.14. The van der Waals surface area contributed by atoms with Crippen molar-refractivity contribution in [1.82, 2.24) is 10.2 Å². The summed E-state index contributed by atoms with van der Waals surface area (Å²) in [5.74, 6) is 0.765. The van der Waals surface area contributed by atoms with Gasteiger partial charge in [-0.25, -0.2) is 4.39 Å². The smallest absolute Gasteiger partial charge is 0.276 e. The molecule has 30 heavy (non-hydrogen) atoms. The van der Waals surface area contributed by atoms with E-state index in [1.165, 1.54) is 23.9 Å². The van der Waals surface area contributed by atoms with E-state index in [2.05, 4.69) is 15.5 Å². The number of hydrogen-bond acceptors (Lipinski definition) is 5. The second kappa shape index (κ2) is 9.51. The molecule has 0 unspecified atom stereocenters. The Kier molecular flexibility index (Phi) is 6.57. The molecule has 4 rings (SSSR count). The largest absolute Gasteiger partial charge is 0.416 e. The Morgan fingerprint density at radius 1 is 0.933 bits per heavy atom. The molecule has 1 N–H and O–H groups in total. The Morgan fingerprint density at radius 2 is 1.70 bits per heavy atom. The van der Waals surface area contributed by atoms with Gasteiger partial charge in [0.05, 0.1) is 22.2 Å². The molecule has 4 nitrogen and oxygen atoms in total. The van der Waals surface area contributed by atoms with E-state index in [1.807, 2.05) is 30.3 Å². The number of rotatable bonds is 7. The van der Waals surface area contributed by atoms with Crippen LogP contribution >= 0.6 is 35.0 Å².